The van der Waals surface area contributed by atoms with Gasteiger partial charge in [-0.25, -0.2) is 29.7 Å². The van der Waals surface area contributed by atoms with Crippen LogP contribution >= 0.6 is 0 Å². The second kappa shape index (κ2) is 18.5. The van der Waals surface area contributed by atoms with Crippen LogP contribution in [0.25, 0.3) is 67.0 Å². The summed E-state index contributed by atoms with van der Waals surface area (Å²) in [6.45, 7) is 7.62. The number of aryl methyl sites for hydroxylation is 2. The van der Waals surface area contributed by atoms with Gasteiger partial charge in [-0.3, -0.25) is 14.2 Å². The van der Waals surface area contributed by atoms with Crippen molar-refractivity contribution >= 4 is 39.8 Å². The number of carbonyl (C=O) groups is 2. The number of aromatic nitrogens is 9. The summed E-state index contributed by atoms with van der Waals surface area (Å²) in [4.78, 5) is 49.7. The molecule has 16 nitrogen and oxygen atoms in total. The van der Waals surface area contributed by atoms with Crippen molar-refractivity contribution < 1.29 is 37.0 Å². The minimum atomic E-state index is -4.74. The molecule has 5 aromatic heterocycles. The molecule has 11 rings (SSSR count). The van der Waals surface area contributed by atoms with Crippen molar-refractivity contribution in [1.29, 1.82) is 0 Å². The molecule has 19 heteroatoms. The SMILES string of the molecule is COc1cc2ncnc(-c3c(-c4ccccc4)nn(C)c3C)c2cc1OC(=O)N1CCC(C)CC1C.Cn1cc(-c2ncnc3cc(C(F)(F)F)c(NC(=O)C45COCC4C5)nc23)c(-c2ccccc2)n1. The number of ether oxygens (including phenoxy) is 3. The van der Waals surface area contributed by atoms with E-state index in [2.05, 4.69) is 49.2 Å². The van der Waals surface area contributed by atoms with Gasteiger partial charge < -0.3 is 24.4 Å². The number of likely N-dealkylation sites (tertiary alicyclic amines) is 1. The lowest BCUT2D eigenvalue weighted by atomic mass is 9.94. The number of methoxy groups -OCH3 is 1. The van der Waals surface area contributed by atoms with Crippen LogP contribution in [0, 0.1) is 24.2 Å². The largest absolute Gasteiger partial charge is 0.493 e. The van der Waals surface area contributed by atoms with E-state index in [0.29, 0.717) is 59.5 Å². The number of pyridine rings is 1. The Hall–Kier alpha value is -7.80. The zero-order chi connectivity index (χ0) is 49.8. The molecule has 4 unspecified atom stereocenters. The molecule has 3 aliphatic rings. The van der Waals surface area contributed by atoms with E-state index in [1.54, 1.807) is 48.4 Å². The Morgan fingerprint density at radius 1 is 0.845 bits per heavy atom. The highest BCUT2D eigenvalue weighted by molar-refractivity contribution is 6.01. The molecular weight excluding hydrogens is 916 g/mol. The lowest BCUT2D eigenvalue weighted by Gasteiger charge is -2.35. The zero-order valence-electron chi connectivity index (χ0n) is 39.9. The number of nitrogens with zero attached hydrogens (tertiary/aromatic N) is 10. The van der Waals surface area contributed by atoms with Crippen LogP contribution in [0.4, 0.5) is 23.8 Å². The van der Waals surface area contributed by atoms with Crippen molar-refractivity contribution in [1.82, 2.24) is 49.4 Å². The Kier molecular flexibility index (Phi) is 12.2. The summed E-state index contributed by atoms with van der Waals surface area (Å²) in [5, 5.41) is 12.5. The van der Waals surface area contributed by atoms with E-state index < -0.39 is 28.9 Å². The van der Waals surface area contributed by atoms with Crippen LogP contribution in [0.2, 0.25) is 0 Å². The molecule has 0 bridgehead atoms. The third-order valence-corrected chi connectivity index (χ3v) is 13.8. The lowest BCUT2D eigenvalue weighted by molar-refractivity contribution is -0.137. The number of anilines is 1. The van der Waals surface area contributed by atoms with E-state index in [1.807, 2.05) is 79.3 Å². The number of hydrogen-bond acceptors (Lipinski definition) is 12. The summed E-state index contributed by atoms with van der Waals surface area (Å²) in [6, 6.07) is 24.0. The van der Waals surface area contributed by atoms with E-state index >= 15 is 0 Å². The molecule has 0 radical (unpaired) electrons. The smallest absolute Gasteiger partial charge is 0.420 e. The minimum Gasteiger partial charge on any atom is -0.493 e. The maximum atomic E-state index is 13.9. The summed E-state index contributed by atoms with van der Waals surface area (Å²) in [7, 11) is 5.23. The van der Waals surface area contributed by atoms with Crippen molar-refractivity contribution in [3.8, 4) is 56.5 Å². The van der Waals surface area contributed by atoms with Crippen molar-refractivity contribution in [2.75, 3.05) is 32.2 Å². The summed E-state index contributed by atoms with van der Waals surface area (Å²) in [5.41, 5.74) is 5.75. The van der Waals surface area contributed by atoms with Crippen molar-refractivity contribution in [2.24, 2.45) is 31.3 Å². The monoisotopic (exact) mass is 965 g/mol. The van der Waals surface area contributed by atoms with Gasteiger partial charge in [0.25, 0.3) is 0 Å². The fraction of sp³-hybridized carbons (Fsp3) is 0.327. The van der Waals surface area contributed by atoms with Gasteiger partial charge in [-0.1, -0.05) is 67.6 Å². The number of amides is 2. The Bertz CT molecular complexity index is 3330. The van der Waals surface area contributed by atoms with E-state index in [-0.39, 0.29) is 35.7 Å². The number of rotatable bonds is 8. The van der Waals surface area contributed by atoms with Crippen molar-refractivity contribution in [2.45, 2.75) is 52.3 Å². The van der Waals surface area contributed by atoms with Crippen LogP contribution in [0.5, 0.6) is 11.5 Å². The summed E-state index contributed by atoms with van der Waals surface area (Å²) in [6.07, 6.45) is 1.88. The van der Waals surface area contributed by atoms with Crippen LogP contribution < -0.4 is 14.8 Å². The van der Waals surface area contributed by atoms with Gasteiger partial charge in [0.1, 0.15) is 46.6 Å². The van der Waals surface area contributed by atoms with Gasteiger partial charge in [0.05, 0.1) is 42.5 Å². The summed E-state index contributed by atoms with van der Waals surface area (Å²) in [5.74, 6) is 0.343. The lowest BCUT2D eigenvalue weighted by Crippen LogP contribution is -2.45. The van der Waals surface area contributed by atoms with Gasteiger partial charge in [-0.05, 0) is 51.2 Å². The van der Waals surface area contributed by atoms with Gasteiger partial charge in [-0.15, -0.1) is 0 Å². The predicted octanol–water partition coefficient (Wildman–Crippen LogP) is 9.72. The number of carbonyl (C=O) groups excluding carboxylic acids is 2. The number of benzene rings is 3. The van der Waals surface area contributed by atoms with E-state index in [4.69, 9.17) is 19.3 Å². The fourth-order valence-electron chi connectivity index (χ4n) is 9.72. The molecule has 1 saturated carbocycles. The van der Waals surface area contributed by atoms with Gasteiger partial charge >= 0.3 is 12.3 Å². The topological polar surface area (TPSA) is 177 Å². The molecule has 2 amide bonds. The molecule has 71 heavy (non-hydrogen) atoms. The second-order valence-electron chi connectivity index (χ2n) is 18.5. The quantitative estimate of drug-likeness (QED) is 0.153. The summed E-state index contributed by atoms with van der Waals surface area (Å²) >= 11 is 0. The van der Waals surface area contributed by atoms with Crippen molar-refractivity contribution in [3.63, 3.8) is 0 Å². The minimum absolute atomic E-state index is 0.00912. The Balaban J connectivity index is 0.000000164. The molecule has 4 atom stereocenters. The molecule has 2 saturated heterocycles. The van der Waals surface area contributed by atoms with Crippen LogP contribution in [0.1, 0.15) is 44.4 Å². The molecule has 3 aromatic carbocycles. The third kappa shape index (κ3) is 8.89. The van der Waals surface area contributed by atoms with Crippen LogP contribution in [-0.2, 0) is 29.8 Å². The zero-order valence-corrected chi connectivity index (χ0v) is 39.9. The Morgan fingerprint density at radius 3 is 2.18 bits per heavy atom. The van der Waals surface area contributed by atoms with Crippen LogP contribution in [-0.4, -0.2) is 94.3 Å². The number of alkyl halides is 3. The first-order chi connectivity index (χ1) is 34.1. The molecular formula is C52H50F3N11O5. The first-order valence-electron chi connectivity index (χ1n) is 23.3. The third-order valence-electron chi connectivity index (χ3n) is 13.8. The molecule has 8 aromatic rings. The van der Waals surface area contributed by atoms with Gasteiger partial charge in [-0.2, -0.15) is 23.4 Å². The maximum Gasteiger partial charge on any atom is 0.420 e. The molecule has 2 aliphatic heterocycles. The molecule has 3 fully saturated rings. The van der Waals surface area contributed by atoms with Crippen LogP contribution in [0.15, 0.2) is 97.7 Å². The van der Waals surface area contributed by atoms with E-state index in [1.165, 1.54) is 6.33 Å². The molecule has 1 N–H and O–H groups in total. The average Bonchev–Trinajstić information content (AvgIpc) is 3.55. The fourth-order valence-corrected chi connectivity index (χ4v) is 9.72. The standard InChI is InChI=1S/C28H31N5O3.C24H19F3N6O2/c1-17-11-12-33(18(2)13-17)28(34)36-24-14-21-22(15-23(24)35-5)29-16-30-27(21)25-19(3)32(4)31-26(25)20-9-7-6-8-10-20;1-33-9-15(18(32-33)13-5-3-2-4-6-13)19-20-17(28-12-29-19)7-16(24(25,26)27)21(30-20)31-22(34)23-8-14(23)10-35-11-23/h6-10,14-18H,11-13H2,1-5H3;2-7,9,12,14H,8,10-11H2,1H3,(H,30,31,34). The van der Waals surface area contributed by atoms with Gasteiger partial charge in [0, 0.05) is 78.2 Å². The Morgan fingerprint density at radius 2 is 1.54 bits per heavy atom. The number of hydrogen-bond donors (Lipinski definition) is 1. The highest BCUT2D eigenvalue weighted by atomic mass is 19.4. The highest BCUT2D eigenvalue weighted by Crippen LogP contribution is 2.57. The molecule has 7 heterocycles. The number of halogens is 3. The normalized spacial score (nSPS) is 19.5. The Labute approximate surface area is 406 Å². The summed E-state index contributed by atoms with van der Waals surface area (Å²) < 4.78 is 62.1. The predicted molar refractivity (Wildman–Crippen MR) is 259 cm³/mol. The van der Waals surface area contributed by atoms with E-state index in [0.717, 1.165) is 58.1 Å². The highest BCUT2D eigenvalue weighted by Gasteiger charge is 2.64. The van der Waals surface area contributed by atoms with Gasteiger partial charge in [0.2, 0.25) is 5.91 Å². The van der Waals surface area contributed by atoms with Crippen LogP contribution in [0.3, 0.4) is 0 Å². The number of fused-ring (bicyclic) bond motifs is 3. The maximum absolute atomic E-state index is 13.9. The molecule has 1 aliphatic carbocycles. The first kappa shape index (κ1) is 46.9. The molecule has 0 spiro atoms. The second-order valence-corrected chi connectivity index (χ2v) is 18.5. The van der Waals surface area contributed by atoms with Gasteiger partial charge in [0.15, 0.2) is 11.5 Å². The number of piperidine rings is 1. The average molecular weight is 966 g/mol. The van der Waals surface area contributed by atoms with E-state index in [9.17, 15) is 22.8 Å². The molecule has 364 valence electrons. The first-order valence-corrected chi connectivity index (χ1v) is 23.3. The number of nitrogens with one attached hydrogen (secondary N) is 1. The van der Waals surface area contributed by atoms with Crippen molar-refractivity contribution in [3.05, 3.63) is 109 Å².